The van der Waals surface area contributed by atoms with Crippen molar-refractivity contribution in [1.29, 1.82) is 0 Å². The third-order valence-electron chi connectivity index (χ3n) is 4.36. The van der Waals surface area contributed by atoms with Gasteiger partial charge >= 0.3 is 0 Å². The number of hydrogen-bond acceptors (Lipinski definition) is 3. The third-order valence-corrected chi connectivity index (χ3v) is 4.36. The molecule has 0 aliphatic carbocycles. The van der Waals surface area contributed by atoms with Gasteiger partial charge in [-0.25, -0.2) is 17.6 Å². The smallest absolute Gasteiger partial charge is 0.267 e. The first-order valence-corrected chi connectivity index (χ1v) is 7.81. The van der Waals surface area contributed by atoms with Crippen molar-refractivity contribution >= 4 is 17.5 Å². The third kappa shape index (κ3) is 3.69. The molecule has 2 fully saturated rings. The summed E-state index contributed by atoms with van der Waals surface area (Å²) in [5, 5.41) is 0. The molecular formula is C16H17F4N3O2. The van der Waals surface area contributed by atoms with Crippen LogP contribution >= 0.6 is 0 Å². The maximum Gasteiger partial charge on any atom is 0.267 e. The Morgan fingerprint density at radius 1 is 0.840 bits per heavy atom. The first-order valence-electron chi connectivity index (χ1n) is 7.81. The minimum absolute atomic E-state index is 0.00740. The molecule has 3 rings (SSSR count). The van der Waals surface area contributed by atoms with Crippen LogP contribution in [-0.4, -0.2) is 59.6 Å². The minimum Gasteiger partial charge on any atom is -0.399 e. The van der Waals surface area contributed by atoms with Crippen molar-refractivity contribution in [3.63, 3.8) is 0 Å². The number of hydrogen-bond donors (Lipinski definition) is 1. The van der Waals surface area contributed by atoms with Crippen LogP contribution in [0.5, 0.6) is 0 Å². The van der Waals surface area contributed by atoms with E-state index in [1.807, 2.05) is 0 Å². The second-order valence-electron chi connectivity index (χ2n) is 6.51. The number of halogens is 4. The van der Waals surface area contributed by atoms with E-state index in [-0.39, 0.29) is 29.9 Å². The number of nitrogens with zero attached hydrogens (tertiary/aromatic N) is 2. The Labute approximate surface area is 141 Å². The van der Waals surface area contributed by atoms with Crippen molar-refractivity contribution in [3.8, 4) is 0 Å². The van der Waals surface area contributed by atoms with Gasteiger partial charge in [-0.3, -0.25) is 9.59 Å². The largest absolute Gasteiger partial charge is 0.399 e. The molecule has 2 aliphatic rings. The number of carbonyl (C=O) groups excluding carboxylic acids is 2. The lowest BCUT2D eigenvalue weighted by Crippen LogP contribution is -2.33. The van der Waals surface area contributed by atoms with Gasteiger partial charge < -0.3 is 15.5 Å². The standard InChI is InChI=1S/C16H17F4N3O2/c17-15(18)1-3-22(8-15)13(24)10-5-11(7-12(21)6-10)14(25)23-4-2-16(19,20)9-23/h5-7H,1-4,8-9,21H2. The van der Waals surface area contributed by atoms with Crippen LogP contribution in [0.1, 0.15) is 33.6 Å². The van der Waals surface area contributed by atoms with Gasteiger partial charge in [-0.15, -0.1) is 0 Å². The Balaban J connectivity index is 1.81. The first-order chi connectivity index (χ1) is 11.6. The summed E-state index contributed by atoms with van der Waals surface area (Å²) >= 11 is 0. The number of amides is 2. The molecule has 0 saturated carbocycles. The summed E-state index contributed by atoms with van der Waals surface area (Å²) < 4.78 is 53.1. The van der Waals surface area contributed by atoms with E-state index in [2.05, 4.69) is 0 Å². The molecule has 0 atom stereocenters. The molecule has 0 unspecified atom stereocenters. The van der Waals surface area contributed by atoms with Crippen LogP contribution in [0.15, 0.2) is 18.2 Å². The van der Waals surface area contributed by atoms with Gasteiger partial charge in [0.25, 0.3) is 23.7 Å². The number of rotatable bonds is 2. The van der Waals surface area contributed by atoms with E-state index < -0.39 is 49.6 Å². The zero-order chi connectivity index (χ0) is 18.4. The molecule has 25 heavy (non-hydrogen) atoms. The molecule has 1 aromatic carbocycles. The first kappa shape index (κ1) is 17.5. The summed E-state index contributed by atoms with van der Waals surface area (Å²) in [5.74, 6) is -7.19. The second kappa shape index (κ2) is 5.89. The Hall–Kier alpha value is -2.32. The highest BCUT2D eigenvalue weighted by Gasteiger charge is 2.42. The van der Waals surface area contributed by atoms with Crippen LogP contribution in [0.2, 0.25) is 0 Å². The van der Waals surface area contributed by atoms with Crippen molar-refractivity contribution < 1.29 is 27.2 Å². The highest BCUT2D eigenvalue weighted by atomic mass is 19.3. The zero-order valence-corrected chi connectivity index (χ0v) is 13.3. The summed E-state index contributed by atoms with van der Waals surface area (Å²) in [6, 6.07) is 3.79. The monoisotopic (exact) mass is 359 g/mol. The van der Waals surface area contributed by atoms with Gasteiger partial charge in [0.2, 0.25) is 0 Å². The lowest BCUT2D eigenvalue weighted by atomic mass is 10.1. The molecule has 0 spiro atoms. The van der Waals surface area contributed by atoms with Crippen LogP contribution in [0.25, 0.3) is 0 Å². The molecular weight excluding hydrogens is 342 g/mol. The van der Waals surface area contributed by atoms with Crippen molar-refractivity contribution in [2.75, 3.05) is 31.9 Å². The highest BCUT2D eigenvalue weighted by molar-refractivity contribution is 6.01. The van der Waals surface area contributed by atoms with Crippen LogP contribution in [0.4, 0.5) is 23.2 Å². The summed E-state index contributed by atoms with van der Waals surface area (Å²) in [4.78, 5) is 26.7. The normalized spacial score (nSPS) is 21.6. The molecule has 2 N–H and O–H groups in total. The Morgan fingerprint density at radius 2 is 1.24 bits per heavy atom. The van der Waals surface area contributed by atoms with Gasteiger partial charge in [0.05, 0.1) is 13.1 Å². The number of nitrogens with two attached hydrogens (primary N) is 1. The van der Waals surface area contributed by atoms with Crippen molar-refractivity contribution in [2.45, 2.75) is 24.7 Å². The minimum atomic E-state index is -2.93. The molecule has 0 bridgehead atoms. The van der Waals surface area contributed by atoms with Crippen molar-refractivity contribution in [1.82, 2.24) is 9.80 Å². The van der Waals surface area contributed by atoms with E-state index in [1.54, 1.807) is 0 Å². The molecule has 1 aromatic rings. The van der Waals surface area contributed by atoms with E-state index in [0.717, 1.165) is 9.80 Å². The predicted molar refractivity (Wildman–Crippen MR) is 81.8 cm³/mol. The van der Waals surface area contributed by atoms with Crippen LogP contribution < -0.4 is 5.73 Å². The molecule has 2 heterocycles. The summed E-state index contributed by atoms with van der Waals surface area (Å²) in [6.45, 7) is -1.57. The van der Waals surface area contributed by atoms with Gasteiger partial charge in [-0.2, -0.15) is 0 Å². The molecule has 2 saturated heterocycles. The van der Waals surface area contributed by atoms with Crippen molar-refractivity contribution in [2.24, 2.45) is 0 Å². The average Bonchev–Trinajstić information content (AvgIpc) is 3.07. The van der Waals surface area contributed by atoms with E-state index in [9.17, 15) is 27.2 Å². The number of likely N-dealkylation sites (tertiary alicyclic amines) is 2. The predicted octanol–water partition coefficient (Wildman–Crippen LogP) is 2.23. The SMILES string of the molecule is Nc1cc(C(=O)N2CCC(F)(F)C2)cc(C(=O)N2CCC(F)(F)C2)c1. The van der Waals surface area contributed by atoms with E-state index >= 15 is 0 Å². The van der Waals surface area contributed by atoms with Gasteiger partial charge in [-0.05, 0) is 18.2 Å². The Bertz CT molecular complexity index is 667. The number of alkyl halides is 4. The summed E-state index contributed by atoms with van der Waals surface area (Å²) in [7, 11) is 0. The summed E-state index contributed by atoms with van der Waals surface area (Å²) in [6.07, 6.45) is -0.842. The molecule has 9 heteroatoms. The van der Waals surface area contributed by atoms with Crippen LogP contribution in [0, 0.1) is 0 Å². The van der Waals surface area contributed by atoms with Crippen LogP contribution in [0.3, 0.4) is 0 Å². The van der Waals surface area contributed by atoms with Crippen molar-refractivity contribution in [3.05, 3.63) is 29.3 Å². The molecule has 0 radical (unpaired) electrons. The van der Waals surface area contributed by atoms with Gasteiger partial charge in [-0.1, -0.05) is 0 Å². The number of carbonyl (C=O) groups is 2. The second-order valence-corrected chi connectivity index (χ2v) is 6.51. The average molecular weight is 359 g/mol. The molecule has 2 amide bonds. The fourth-order valence-corrected chi connectivity index (χ4v) is 3.08. The van der Waals surface area contributed by atoms with Gasteiger partial charge in [0, 0.05) is 42.7 Å². The van der Waals surface area contributed by atoms with Gasteiger partial charge in [0.15, 0.2) is 0 Å². The lowest BCUT2D eigenvalue weighted by molar-refractivity contribution is 0.0118. The fourth-order valence-electron chi connectivity index (χ4n) is 3.08. The molecule has 136 valence electrons. The topological polar surface area (TPSA) is 66.6 Å². The molecule has 2 aliphatic heterocycles. The highest BCUT2D eigenvalue weighted by Crippen LogP contribution is 2.30. The number of benzene rings is 1. The molecule has 5 nitrogen and oxygen atoms in total. The Kier molecular flexibility index (Phi) is 4.12. The molecule has 0 aromatic heterocycles. The van der Waals surface area contributed by atoms with E-state index in [1.165, 1.54) is 18.2 Å². The fraction of sp³-hybridized carbons (Fsp3) is 0.500. The lowest BCUT2D eigenvalue weighted by Gasteiger charge is -2.19. The summed E-state index contributed by atoms with van der Waals surface area (Å²) in [5.41, 5.74) is 5.78. The number of anilines is 1. The van der Waals surface area contributed by atoms with E-state index in [4.69, 9.17) is 5.73 Å². The maximum atomic E-state index is 13.3. The number of nitrogen functional groups attached to an aromatic ring is 1. The van der Waals surface area contributed by atoms with Crippen LogP contribution in [-0.2, 0) is 0 Å². The van der Waals surface area contributed by atoms with E-state index in [0.29, 0.717) is 0 Å². The Morgan fingerprint density at radius 3 is 1.56 bits per heavy atom. The zero-order valence-electron chi connectivity index (χ0n) is 13.3. The maximum absolute atomic E-state index is 13.3. The van der Waals surface area contributed by atoms with Gasteiger partial charge in [0.1, 0.15) is 0 Å². The quantitative estimate of drug-likeness (QED) is 0.651.